The normalized spacial score (nSPS) is 10.8. The fourth-order valence-corrected chi connectivity index (χ4v) is 2.77. The van der Waals surface area contributed by atoms with Crippen LogP contribution in [0.2, 0.25) is 0 Å². The molecule has 3 rings (SSSR count). The van der Waals surface area contributed by atoms with Crippen LogP contribution < -0.4 is 5.32 Å². The van der Waals surface area contributed by atoms with Crippen LogP contribution >= 0.6 is 11.3 Å². The van der Waals surface area contributed by atoms with Gasteiger partial charge in [0.15, 0.2) is 0 Å². The molecule has 0 bridgehead atoms. The predicted octanol–water partition coefficient (Wildman–Crippen LogP) is 3.87. The van der Waals surface area contributed by atoms with E-state index in [1.165, 1.54) is 5.56 Å². The van der Waals surface area contributed by atoms with E-state index in [0.29, 0.717) is 0 Å². The first kappa shape index (κ1) is 12.1. The highest BCUT2D eigenvalue weighted by Gasteiger charge is 2.07. The molecule has 0 aliphatic carbocycles. The topological polar surface area (TPSA) is 37.8 Å². The molecule has 0 aliphatic rings. The lowest BCUT2D eigenvalue weighted by Gasteiger charge is -2.08. The van der Waals surface area contributed by atoms with Crippen molar-refractivity contribution in [2.24, 2.45) is 0 Å². The van der Waals surface area contributed by atoms with E-state index < -0.39 is 0 Å². The number of fused-ring (bicyclic) bond motifs is 1. The van der Waals surface area contributed by atoms with Crippen molar-refractivity contribution in [3.8, 4) is 0 Å². The molecule has 0 radical (unpaired) electrons. The molecule has 0 saturated carbocycles. The number of rotatable bonds is 4. The Morgan fingerprint density at radius 1 is 1.11 bits per heavy atom. The average molecular weight is 269 g/mol. The molecule has 0 unspecified atom stereocenters. The zero-order valence-electron chi connectivity index (χ0n) is 10.8. The average Bonchev–Trinajstić information content (AvgIpc) is 2.94. The van der Waals surface area contributed by atoms with Crippen LogP contribution in [-0.4, -0.2) is 9.97 Å². The highest BCUT2D eigenvalue weighted by atomic mass is 32.1. The second-order valence-corrected chi connectivity index (χ2v) is 5.23. The predicted molar refractivity (Wildman–Crippen MR) is 80.6 cm³/mol. The number of hydrogen-bond donors (Lipinski definition) is 1. The first-order valence-electron chi connectivity index (χ1n) is 6.38. The first-order valence-corrected chi connectivity index (χ1v) is 7.26. The van der Waals surface area contributed by atoms with E-state index in [1.54, 1.807) is 11.3 Å². The number of nitrogens with one attached hydrogen (secondary N) is 1. The highest BCUT2D eigenvalue weighted by molar-refractivity contribution is 7.17. The van der Waals surface area contributed by atoms with Crippen LogP contribution in [-0.2, 0) is 13.0 Å². The van der Waals surface area contributed by atoms with Crippen molar-refractivity contribution < 1.29 is 0 Å². The third-order valence-electron chi connectivity index (χ3n) is 2.97. The number of benzene rings is 1. The number of nitrogens with zero attached hydrogens (tertiary/aromatic N) is 2. The van der Waals surface area contributed by atoms with Crippen molar-refractivity contribution >= 4 is 27.4 Å². The summed E-state index contributed by atoms with van der Waals surface area (Å²) in [4.78, 5) is 9.12. The lowest BCUT2D eigenvalue weighted by atomic mass is 10.2. The minimum atomic E-state index is 0.786. The van der Waals surface area contributed by atoms with Crippen molar-refractivity contribution in [1.82, 2.24) is 9.97 Å². The summed E-state index contributed by atoms with van der Waals surface area (Å²) in [5.74, 6) is 1.84. The van der Waals surface area contributed by atoms with E-state index in [0.717, 1.165) is 34.8 Å². The summed E-state index contributed by atoms with van der Waals surface area (Å²) in [7, 11) is 0. The number of anilines is 1. The Hall–Kier alpha value is -1.94. The molecule has 3 aromatic rings. The van der Waals surface area contributed by atoms with Gasteiger partial charge in [-0.15, -0.1) is 11.3 Å². The Morgan fingerprint density at radius 2 is 1.95 bits per heavy atom. The van der Waals surface area contributed by atoms with Gasteiger partial charge in [0.05, 0.1) is 10.2 Å². The summed E-state index contributed by atoms with van der Waals surface area (Å²) in [6, 6.07) is 12.4. The highest BCUT2D eigenvalue weighted by Crippen LogP contribution is 2.26. The number of hydrogen-bond acceptors (Lipinski definition) is 4. The summed E-state index contributed by atoms with van der Waals surface area (Å²) in [5, 5.41) is 5.49. The largest absolute Gasteiger partial charge is 0.365 e. The SMILES string of the molecule is CCc1nc(NCc2ccccc2)c2sccc2n1. The van der Waals surface area contributed by atoms with Crippen LogP contribution in [0.1, 0.15) is 18.3 Å². The molecular formula is C15H15N3S. The molecule has 1 N–H and O–H groups in total. The van der Waals surface area contributed by atoms with Crippen molar-refractivity contribution in [2.75, 3.05) is 5.32 Å². The van der Waals surface area contributed by atoms with E-state index >= 15 is 0 Å². The molecule has 3 nitrogen and oxygen atoms in total. The molecule has 19 heavy (non-hydrogen) atoms. The molecule has 0 amide bonds. The molecule has 96 valence electrons. The van der Waals surface area contributed by atoms with Gasteiger partial charge in [-0.3, -0.25) is 0 Å². The molecule has 0 aliphatic heterocycles. The Morgan fingerprint density at radius 3 is 2.74 bits per heavy atom. The van der Waals surface area contributed by atoms with Crippen LogP contribution in [0.3, 0.4) is 0 Å². The quantitative estimate of drug-likeness (QED) is 0.781. The van der Waals surface area contributed by atoms with Crippen molar-refractivity contribution in [1.29, 1.82) is 0 Å². The van der Waals surface area contributed by atoms with Gasteiger partial charge < -0.3 is 5.32 Å². The zero-order valence-corrected chi connectivity index (χ0v) is 11.6. The number of aromatic nitrogens is 2. The van der Waals surface area contributed by atoms with Gasteiger partial charge in [-0.25, -0.2) is 9.97 Å². The number of aryl methyl sites for hydroxylation is 1. The smallest absolute Gasteiger partial charge is 0.148 e. The van der Waals surface area contributed by atoms with Gasteiger partial charge >= 0.3 is 0 Å². The standard InChI is InChI=1S/C15H15N3S/c1-2-13-17-12-8-9-19-14(12)15(18-13)16-10-11-6-4-3-5-7-11/h3-9H,2,10H2,1H3,(H,16,17,18). The minimum Gasteiger partial charge on any atom is -0.365 e. The van der Waals surface area contributed by atoms with Crippen LogP contribution in [0.5, 0.6) is 0 Å². The van der Waals surface area contributed by atoms with Gasteiger partial charge in [0.1, 0.15) is 11.6 Å². The van der Waals surface area contributed by atoms with Gasteiger partial charge in [0, 0.05) is 13.0 Å². The summed E-state index contributed by atoms with van der Waals surface area (Å²) >= 11 is 1.68. The van der Waals surface area contributed by atoms with Gasteiger partial charge in [-0.05, 0) is 17.0 Å². The Balaban J connectivity index is 1.89. The van der Waals surface area contributed by atoms with Gasteiger partial charge in [-0.2, -0.15) is 0 Å². The Bertz CT molecular complexity index is 676. The monoisotopic (exact) mass is 269 g/mol. The van der Waals surface area contributed by atoms with E-state index in [-0.39, 0.29) is 0 Å². The molecule has 2 aromatic heterocycles. The maximum absolute atomic E-state index is 4.59. The second-order valence-electron chi connectivity index (χ2n) is 4.32. The lowest BCUT2D eigenvalue weighted by Crippen LogP contribution is -2.04. The maximum atomic E-state index is 4.59. The lowest BCUT2D eigenvalue weighted by molar-refractivity contribution is 0.955. The summed E-state index contributed by atoms with van der Waals surface area (Å²) < 4.78 is 1.13. The molecular weight excluding hydrogens is 254 g/mol. The molecule has 1 aromatic carbocycles. The van der Waals surface area contributed by atoms with Crippen molar-refractivity contribution in [2.45, 2.75) is 19.9 Å². The van der Waals surface area contributed by atoms with Gasteiger partial charge in [0.25, 0.3) is 0 Å². The molecule has 4 heteroatoms. The van der Waals surface area contributed by atoms with Crippen LogP contribution in [0.15, 0.2) is 41.8 Å². The fraction of sp³-hybridized carbons (Fsp3) is 0.200. The van der Waals surface area contributed by atoms with E-state index in [9.17, 15) is 0 Å². The summed E-state index contributed by atoms with van der Waals surface area (Å²) in [6.07, 6.45) is 0.853. The van der Waals surface area contributed by atoms with Crippen LogP contribution in [0.4, 0.5) is 5.82 Å². The third-order valence-corrected chi connectivity index (χ3v) is 3.88. The molecule has 0 fully saturated rings. The zero-order chi connectivity index (χ0) is 13.1. The summed E-state index contributed by atoms with van der Waals surface area (Å²) in [5.41, 5.74) is 2.29. The second kappa shape index (κ2) is 5.36. The molecule has 0 spiro atoms. The van der Waals surface area contributed by atoms with E-state index in [2.05, 4.69) is 57.9 Å². The fourth-order valence-electron chi connectivity index (χ4n) is 1.97. The van der Waals surface area contributed by atoms with E-state index in [4.69, 9.17) is 0 Å². The minimum absolute atomic E-state index is 0.786. The van der Waals surface area contributed by atoms with Crippen LogP contribution in [0, 0.1) is 0 Å². The van der Waals surface area contributed by atoms with Crippen molar-refractivity contribution in [3.63, 3.8) is 0 Å². The van der Waals surface area contributed by atoms with Crippen molar-refractivity contribution in [3.05, 3.63) is 53.2 Å². The maximum Gasteiger partial charge on any atom is 0.148 e. The first-order chi connectivity index (χ1) is 9.36. The van der Waals surface area contributed by atoms with Gasteiger partial charge in [-0.1, -0.05) is 37.3 Å². The van der Waals surface area contributed by atoms with Crippen LogP contribution in [0.25, 0.3) is 10.2 Å². The summed E-state index contributed by atoms with van der Waals surface area (Å²) in [6.45, 7) is 2.86. The molecule has 0 saturated heterocycles. The van der Waals surface area contributed by atoms with Gasteiger partial charge in [0.2, 0.25) is 0 Å². The van der Waals surface area contributed by atoms with E-state index in [1.807, 2.05) is 6.07 Å². The Kier molecular flexibility index (Phi) is 3.42. The molecule has 0 atom stereocenters. The number of thiophene rings is 1. The Labute approximate surface area is 116 Å². The molecule has 2 heterocycles. The third kappa shape index (κ3) is 2.58.